The topological polar surface area (TPSA) is 120 Å². The zero-order valence-corrected chi connectivity index (χ0v) is 15.9. The molecule has 0 unspecified atom stereocenters. The number of hydrogen-bond donors (Lipinski definition) is 5. The number of hydrogen-bond acceptors (Lipinski definition) is 7. The van der Waals surface area contributed by atoms with Gasteiger partial charge in [-0.15, -0.1) is 0 Å². The highest BCUT2D eigenvalue weighted by molar-refractivity contribution is 5.34. The molecule has 0 spiro atoms. The van der Waals surface area contributed by atoms with Gasteiger partial charge in [0.05, 0.1) is 18.8 Å². The normalized spacial score (nSPS) is 39.4. The van der Waals surface area contributed by atoms with Crippen molar-refractivity contribution in [3.63, 3.8) is 0 Å². The highest BCUT2D eigenvalue weighted by atomic mass is 16.7. The second-order valence-corrected chi connectivity index (χ2v) is 8.04. The lowest BCUT2D eigenvalue weighted by molar-refractivity contribution is -0.313. The van der Waals surface area contributed by atoms with Crippen molar-refractivity contribution in [1.82, 2.24) is 0 Å². The Morgan fingerprint density at radius 2 is 1.88 bits per heavy atom. The van der Waals surface area contributed by atoms with E-state index in [1.54, 1.807) is 13.0 Å². The summed E-state index contributed by atoms with van der Waals surface area (Å²) in [5.41, 5.74) is 2.06. The minimum absolute atomic E-state index is 0.202. The summed E-state index contributed by atoms with van der Waals surface area (Å²) in [5.74, 6) is 0. The molecule has 26 heavy (non-hydrogen) atoms. The second kappa shape index (κ2) is 8.48. The van der Waals surface area contributed by atoms with Crippen molar-refractivity contribution in [2.75, 3.05) is 6.61 Å². The van der Waals surface area contributed by atoms with E-state index >= 15 is 0 Å². The molecule has 0 aromatic rings. The van der Waals surface area contributed by atoms with Crippen LogP contribution in [0.15, 0.2) is 23.3 Å². The third kappa shape index (κ3) is 4.72. The first-order valence-corrected chi connectivity index (χ1v) is 9.09. The van der Waals surface area contributed by atoms with Gasteiger partial charge in [0, 0.05) is 0 Å². The second-order valence-electron chi connectivity index (χ2n) is 8.04. The van der Waals surface area contributed by atoms with Crippen LogP contribution in [-0.2, 0) is 9.47 Å². The fourth-order valence-corrected chi connectivity index (χ4v) is 3.85. The number of aliphatic hydroxyl groups is 5. The van der Waals surface area contributed by atoms with Crippen LogP contribution >= 0.6 is 0 Å². The van der Waals surface area contributed by atoms with Crippen LogP contribution in [0.4, 0.5) is 0 Å². The Morgan fingerprint density at radius 3 is 2.42 bits per heavy atom. The Labute approximate surface area is 154 Å². The zero-order chi connectivity index (χ0) is 19.6. The summed E-state index contributed by atoms with van der Waals surface area (Å²) in [7, 11) is 0. The standard InChI is InChI=1S/C19H32O7/c1-10-7-12(8-19(3,4)13(10)6-5-11(2)21)25-18-17(24)16(23)15(22)14(9-20)26-18/h5-6,11-12,14-18,20-24H,7-9H2,1-4H3/b6-5+/t11-,12+,14-,15-,16+,17-,18-/m1/s1. The molecule has 0 saturated carbocycles. The van der Waals surface area contributed by atoms with E-state index in [4.69, 9.17) is 9.47 Å². The van der Waals surface area contributed by atoms with Crippen molar-refractivity contribution in [3.8, 4) is 0 Å². The molecule has 0 radical (unpaired) electrons. The van der Waals surface area contributed by atoms with Crippen LogP contribution in [0.5, 0.6) is 0 Å². The molecule has 1 heterocycles. The minimum atomic E-state index is -1.44. The van der Waals surface area contributed by atoms with Crippen molar-refractivity contribution in [1.29, 1.82) is 0 Å². The quantitative estimate of drug-likeness (QED) is 0.469. The fourth-order valence-electron chi connectivity index (χ4n) is 3.85. The highest BCUT2D eigenvalue weighted by Crippen LogP contribution is 2.42. The van der Waals surface area contributed by atoms with E-state index in [-0.39, 0.29) is 11.5 Å². The molecule has 0 aromatic heterocycles. The van der Waals surface area contributed by atoms with E-state index in [1.807, 2.05) is 13.0 Å². The van der Waals surface area contributed by atoms with Gasteiger partial charge in [-0.25, -0.2) is 0 Å². The van der Waals surface area contributed by atoms with Gasteiger partial charge >= 0.3 is 0 Å². The molecule has 7 atom stereocenters. The molecular formula is C19H32O7. The van der Waals surface area contributed by atoms with Gasteiger partial charge in [0.2, 0.25) is 0 Å². The van der Waals surface area contributed by atoms with Crippen molar-refractivity contribution in [3.05, 3.63) is 23.3 Å². The van der Waals surface area contributed by atoms with Gasteiger partial charge < -0.3 is 35.0 Å². The average Bonchev–Trinajstić information content (AvgIpc) is 2.53. The van der Waals surface area contributed by atoms with Crippen LogP contribution in [0.3, 0.4) is 0 Å². The summed E-state index contributed by atoms with van der Waals surface area (Å²) < 4.78 is 11.4. The van der Waals surface area contributed by atoms with Crippen molar-refractivity contribution < 1.29 is 35.0 Å². The third-order valence-corrected chi connectivity index (χ3v) is 5.18. The van der Waals surface area contributed by atoms with E-state index in [0.29, 0.717) is 12.8 Å². The van der Waals surface area contributed by atoms with Gasteiger partial charge in [-0.05, 0) is 37.7 Å². The summed E-state index contributed by atoms with van der Waals surface area (Å²) in [5, 5.41) is 48.7. The molecule has 2 aliphatic rings. The highest BCUT2D eigenvalue weighted by Gasteiger charge is 2.45. The van der Waals surface area contributed by atoms with Crippen LogP contribution in [0.2, 0.25) is 0 Å². The smallest absolute Gasteiger partial charge is 0.186 e. The number of ether oxygens (including phenoxy) is 2. The van der Waals surface area contributed by atoms with E-state index in [1.165, 1.54) is 0 Å². The summed E-state index contributed by atoms with van der Waals surface area (Å²) in [6.07, 6.45) is -2.09. The first kappa shape index (κ1) is 21.5. The lowest BCUT2D eigenvalue weighted by Gasteiger charge is -2.43. The molecule has 7 heteroatoms. The zero-order valence-electron chi connectivity index (χ0n) is 15.9. The maximum atomic E-state index is 10.2. The molecule has 0 amide bonds. The van der Waals surface area contributed by atoms with Gasteiger partial charge in [-0.2, -0.15) is 0 Å². The molecule has 1 aliphatic heterocycles. The first-order chi connectivity index (χ1) is 12.1. The summed E-state index contributed by atoms with van der Waals surface area (Å²) >= 11 is 0. The minimum Gasteiger partial charge on any atom is -0.394 e. The monoisotopic (exact) mass is 372 g/mol. The number of rotatable bonds is 5. The van der Waals surface area contributed by atoms with Gasteiger partial charge in [0.15, 0.2) is 6.29 Å². The van der Waals surface area contributed by atoms with Crippen molar-refractivity contribution in [2.24, 2.45) is 5.41 Å². The van der Waals surface area contributed by atoms with Crippen LogP contribution in [-0.4, -0.2) is 75.1 Å². The predicted molar refractivity (Wildman–Crippen MR) is 95.2 cm³/mol. The Morgan fingerprint density at radius 1 is 1.23 bits per heavy atom. The van der Waals surface area contributed by atoms with Gasteiger partial charge in [0.25, 0.3) is 0 Å². The van der Waals surface area contributed by atoms with Crippen molar-refractivity contribution >= 4 is 0 Å². The molecule has 0 aromatic carbocycles. The molecule has 1 fully saturated rings. The SMILES string of the molecule is CC1=C(/C=C/[C@@H](C)O)C(C)(C)C[C@@H](O[C@@H]2O[C@H](CO)[C@@H](O)[C@H](O)[C@H]2O)C1. The Hall–Kier alpha value is -0.800. The van der Waals surface area contributed by atoms with E-state index in [9.17, 15) is 25.5 Å². The Bertz CT molecular complexity index is 538. The number of allylic oxidation sites excluding steroid dienone is 2. The van der Waals surface area contributed by atoms with Crippen molar-refractivity contribution in [2.45, 2.75) is 83.5 Å². The van der Waals surface area contributed by atoms with Gasteiger partial charge in [-0.3, -0.25) is 0 Å². The number of aliphatic hydroxyl groups excluding tert-OH is 5. The lowest BCUT2D eigenvalue weighted by Crippen LogP contribution is -2.59. The molecule has 5 N–H and O–H groups in total. The van der Waals surface area contributed by atoms with Gasteiger partial charge in [0.1, 0.15) is 24.4 Å². The molecule has 1 aliphatic carbocycles. The van der Waals surface area contributed by atoms with Crippen LogP contribution in [0.25, 0.3) is 0 Å². The Kier molecular flexibility index (Phi) is 7.01. The summed E-state index contributed by atoms with van der Waals surface area (Å²) in [6.45, 7) is 7.40. The largest absolute Gasteiger partial charge is 0.394 e. The third-order valence-electron chi connectivity index (χ3n) is 5.18. The van der Waals surface area contributed by atoms with E-state index < -0.39 is 43.4 Å². The molecule has 2 rings (SSSR count). The predicted octanol–water partition coefficient (Wildman–Crippen LogP) is 0.245. The van der Waals surface area contributed by atoms with E-state index in [2.05, 4.69) is 13.8 Å². The Balaban J connectivity index is 2.12. The van der Waals surface area contributed by atoms with Crippen LogP contribution < -0.4 is 0 Å². The average molecular weight is 372 g/mol. The molecule has 0 bridgehead atoms. The van der Waals surface area contributed by atoms with E-state index in [0.717, 1.165) is 11.1 Å². The molecular weight excluding hydrogens is 340 g/mol. The molecule has 7 nitrogen and oxygen atoms in total. The fraction of sp³-hybridized carbons (Fsp3) is 0.789. The molecule has 150 valence electrons. The van der Waals surface area contributed by atoms with Gasteiger partial charge in [-0.1, -0.05) is 31.6 Å². The van der Waals surface area contributed by atoms with Crippen LogP contribution in [0.1, 0.15) is 40.5 Å². The summed E-state index contributed by atoms with van der Waals surface area (Å²) in [4.78, 5) is 0. The molecule has 1 saturated heterocycles. The first-order valence-electron chi connectivity index (χ1n) is 9.09. The lowest BCUT2D eigenvalue weighted by atomic mass is 9.71. The maximum absolute atomic E-state index is 10.2. The maximum Gasteiger partial charge on any atom is 0.186 e. The summed E-state index contributed by atoms with van der Waals surface area (Å²) in [6, 6.07) is 0. The van der Waals surface area contributed by atoms with Crippen LogP contribution in [0, 0.1) is 5.41 Å².